The molecule has 0 spiro atoms. The molecule has 8 nitrogen and oxygen atoms in total. The van der Waals surface area contributed by atoms with Gasteiger partial charge in [0.1, 0.15) is 6.04 Å². The van der Waals surface area contributed by atoms with Crippen molar-refractivity contribution in [1.29, 1.82) is 0 Å². The first-order chi connectivity index (χ1) is 13.6. The monoisotopic (exact) mass is 374 g/mol. The first kappa shape index (κ1) is 17.5. The summed E-state index contributed by atoms with van der Waals surface area (Å²) in [5, 5.41) is 4.20. The maximum Gasteiger partial charge on any atom is 0.292 e. The predicted octanol–water partition coefficient (Wildman–Crippen LogP) is 2.15. The summed E-state index contributed by atoms with van der Waals surface area (Å²) in [6, 6.07) is 15.8. The lowest BCUT2D eigenvalue weighted by molar-refractivity contribution is -0.120. The highest BCUT2D eigenvalue weighted by Gasteiger charge is 2.30. The standard InChI is InChI=1S/C20H18N6O2/c1-14-20(28)26(15-7-3-2-4-8-15)24-18(22-14)19(27)23-16-9-5-6-10-17(16)25-12-11-21-13-25/h2-14H,1H3,(H,22,24)(H,23,27). The SMILES string of the molecule is CC1N=C(C(=O)Nc2ccccc2-n2ccnc2)NN(c2ccccc2)C1=O. The van der Waals surface area contributed by atoms with Crippen molar-refractivity contribution in [2.75, 3.05) is 10.3 Å². The van der Waals surface area contributed by atoms with E-state index in [0.717, 1.165) is 5.69 Å². The fraction of sp³-hybridized carbons (Fsp3) is 0.100. The van der Waals surface area contributed by atoms with E-state index in [9.17, 15) is 9.59 Å². The number of carbonyl (C=O) groups is 2. The summed E-state index contributed by atoms with van der Waals surface area (Å²) in [6.45, 7) is 1.66. The first-order valence-electron chi connectivity index (χ1n) is 8.75. The summed E-state index contributed by atoms with van der Waals surface area (Å²) in [7, 11) is 0. The maximum absolute atomic E-state index is 12.9. The zero-order chi connectivity index (χ0) is 19.5. The smallest absolute Gasteiger partial charge is 0.292 e. The minimum atomic E-state index is -0.675. The van der Waals surface area contributed by atoms with Crippen LogP contribution in [0.3, 0.4) is 0 Å². The molecule has 8 heteroatoms. The van der Waals surface area contributed by atoms with Crippen molar-refractivity contribution in [1.82, 2.24) is 15.0 Å². The molecule has 0 radical (unpaired) electrons. The van der Waals surface area contributed by atoms with Crippen molar-refractivity contribution in [3.8, 4) is 5.69 Å². The third-order valence-corrected chi connectivity index (χ3v) is 4.28. The average Bonchev–Trinajstić information content (AvgIpc) is 3.25. The van der Waals surface area contributed by atoms with Gasteiger partial charge in [0.15, 0.2) is 0 Å². The van der Waals surface area contributed by atoms with Crippen LogP contribution in [-0.2, 0) is 9.59 Å². The number of nitrogens with one attached hydrogen (secondary N) is 2. The molecule has 1 aliphatic heterocycles. The average molecular weight is 374 g/mol. The molecule has 28 heavy (non-hydrogen) atoms. The molecule has 2 N–H and O–H groups in total. The highest BCUT2D eigenvalue weighted by Crippen LogP contribution is 2.20. The summed E-state index contributed by atoms with van der Waals surface area (Å²) >= 11 is 0. The van der Waals surface area contributed by atoms with Crippen molar-refractivity contribution >= 4 is 29.0 Å². The number of benzene rings is 2. The van der Waals surface area contributed by atoms with Crippen LogP contribution in [0.5, 0.6) is 0 Å². The summed E-state index contributed by atoms with van der Waals surface area (Å²) in [6.07, 6.45) is 5.11. The number of amides is 2. The van der Waals surface area contributed by atoms with E-state index in [1.165, 1.54) is 5.01 Å². The lowest BCUT2D eigenvalue weighted by Gasteiger charge is -2.30. The highest BCUT2D eigenvalue weighted by molar-refractivity contribution is 6.43. The molecule has 4 rings (SSSR count). The number of rotatable bonds is 4. The number of aliphatic imine (C=N–C) groups is 1. The van der Waals surface area contributed by atoms with Crippen LogP contribution in [0.15, 0.2) is 78.3 Å². The summed E-state index contributed by atoms with van der Waals surface area (Å²) in [5.41, 5.74) is 4.84. The minimum Gasteiger partial charge on any atom is -0.317 e. The highest BCUT2D eigenvalue weighted by atomic mass is 16.2. The molecule has 1 aliphatic rings. The van der Waals surface area contributed by atoms with Crippen LogP contribution in [0.25, 0.3) is 5.69 Å². The van der Waals surface area contributed by atoms with Crippen LogP contribution in [0, 0.1) is 0 Å². The molecule has 2 heterocycles. The number of anilines is 2. The molecular formula is C20H18N6O2. The lowest BCUT2D eigenvalue weighted by atomic mass is 10.2. The Morgan fingerprint density at radius 1 is 1.11 bits per heavy atom. The van der Waals surface area contributed by atoms with Gasteiger partial charge in [-0.15, -0.1) is 0 Å². The zero-order valence-electron chi connectivity index (χ0n) is 15.1. The Hall–Kier alpha value is -3.94. The van der Waals surface area contributed by atoms with E-state index < -0.39 is 11.9 Å². The number of aromatic nitrogens is 2. The normalized spacial score (nSPS) is 16.3. The molecule has 0 saturated heterocycles. The summed E-state index contributed by atoms with van der Waals surface area (Å²) in [4.78, 5) is 33.6. The van der Waals surface area contributed by atoms with E-state index in [0.29, 0.717) is 11.4 Å². The van der Waals surface area contributed by atoms with Crippen LogP contribution >= 0.6 is 0 Å². The van der Waals surface area contributed by atoms with Crippen LogP contribution in [0.2, 0.25) is 0 Å². The zero-order valence-corrected chi connectivity index (χ0v) is 15.1. The number of hydrazine groups is 1. The summed E-state index contributed by atoms with van der Waals surface area (Å²) in [5.74, 6) is -0.606. The fourth-order valence-electron chi connectivity index (χ4n) is 2.89. The number of carbonyl (C=O) groups excluding carboxylic acids is 2. The number of amidine groups is 1. The molecule has 1 aromatic heterocycles. The third-order valence-electron chi connectivity index (χ3n) is 4.28. The lowest BCUT2D eigenvalue weighted by Crippen LogP contribution is -2.57. The Morgan fingerprint density at radius 2 is 1.86 bits per heavy atom. The van der Waals surface area contributed by atoms with Crippen molar-refractivity contribution in [3.05, 3.63) is 73.3 Å². The van der Waals surface area contributed by atoms with Gasteiger partial charge in [0.25, 0.3) is 11.8 Å². The Morgan fingerprint density at radius 3 is 2.61 bits per heavy atom. The second-order valence-corrected chi connectivity index (χ2v) is 6.22. The largest absolute Gasteiger partial charge is 0.317 e. The molecule has 3 aromatic rings. The van der Waals surface area contributed by atoms with Gasteiger partial charge in [-0.25, -0.2) is 15.0 Å². The molecular weight excluding hydrogens is 356 g/mol. The second kappa shape index (κ2) is 7.36. The molecule has 1 atom stereocenters. The first-order valence-corrected chi connectivity index (χ1v) is 8.75. The number of hydrogen-bond acceptors (Lipinski definition) is 5. The third kappa shape index (κ3) is 3.35. The van der Waals surface area contributed by atoms with Crippen molar-refractivity contribution in [2.24, 2.45) is 4.99 Å². The number of nitrogens with zero attached hydrogens (tertiary/aromatic N) is 4. The molecule has 0 fully saturated rings. The quantitative estimate of drug-likeness (QED) is 0.732. The van der Waals surface area contributed by atoms with Gasteiger partial charge < -0.3 is 9.88 Å². The van der Waals surface area contributed by atoms with E-state index in [1.807, 2.05) is 36.4 Å². The van der Waals surface area contributed by atoms with E-state index in [1.54, 1.807) is 48.4 Å². The van der Waals surface area contributed by atoms with Gasteiger partial charge in [-0.2, -0.15) is 0 Å². The van der Waals surface area contributed by atoms with Gasteiger partial charge in [-0.1, -0.05) is 30.3 Å². The van der Waals surface area contributed by atoms with Gasteiger partial charge in [0, 0.05) is 12.4 Å². The Balaban J connectivity index is 1.59. The van der Waals surface area contributed by atoms with E-state index in [4.69, 9.17) is 0 Å². The van der Waals surface area contributed by atoms with Gasteiger partial charge in [-0.3, -0.25) is 15.0 Å². The molecule has 0 saturated carbocycles. The molecule has 2 amide bonds. The topological polar surface area (TPSA) is 91.6 Å². The Bertz CT molecular complexity index is 1030. The fourth-order valence-corrected chi connectivity index (χ4v) is 2.89. The minimum absolute atomic E-state index is 0.0661. The molecule has 0 bridgehead atoms. The molecule has 140 valence electrons. The van der Waals surface area contributed by atoms with E-state index in [-0.39, 0.29) is 11.7 Å². The maximum atomic E-state index is 12.9. The molecule has 2 aromatic carbocycles. The second-order valence-electron chi connectivity index (χ2n) is 6.22. The van der Waals surface area contributed by atoms with Gasteiger partial charge in [0.05, 0.1) is 23.4 Å². The van der Waals surface area contributed by atoms with Crippen molar-refractivity contribution in [3.63, 3.8) is 0 Å². The van der Waals surface area contributed by atoms with E-state index >= 15 is 0 Å². The van der Waals surface area contributed by atoms with Gasteiger partial charge in [-0.05, 0) is 31.2 Å². The Labute approximate surface area is 161 Å². The molecule has 0 aliphatic carbocycles. The number of hydrogen-bond donors (Lipinski definition) is 2. The van der Waals surface area contributed by atoms with E-state index in [2.05, 4.69) is 20.7 Å². The van der Waals surface area contributed by atoms with Crippen molar-refractivity contribution in [2.45, 2.75) is 13.0 Å². The number of para-hydroxylation sites is 3. The van der Waals surface area contributed by atoms with Gasteiger partial charge >= 0.3 is 0 Å². The van der Waals surface area contributed by atoms with Gasteiger partial charge in [0.2, 0.25) is 5.84 Å². The van der Waals surface area contributed by atoms with Crippen LogP contribution in [-0.4, -0.2) is 33.2 Å². The molecule has 1 unspecified atom stereocenters. The Kier molecular flexibility index (Phi) is 4.59. The van der Waals surface area contributed by atoms with Crippen LogP contribution < -0.4 is 15.8 Å². The predicted molar refractivity (Wildman–Crippen MR) is 106 cm³/mol. The van der Waals surface area contributed by atoms with Crippen LogP contribution in [0.4, 0.5) is 11.4 Å². The van der Waals surface area contributed by atoms with Crippen molar-refractivity contribution < 1.29 is 9.59 Å². The summed E-state index contributed by atoms with van der Waals surface area (Å²) < 4.78 is 1.80. The van der Waals surface area contributed by atoms with Crippen LogP contribution in [0.1, 0.15) is 6.92 Å². The number of imidazole rings is 1.